The Labute approximate surface area is 138 Å². The second kappa shape index (κ2) is 8.29. The summed E-state index contributed by atoms with van der Waals surface area (Å²) in [6.45, 7) is 8.33. The summed E-state index contributed by atoms with van der Waals surface area (Å²) in [7, 11) is 0. The first-order chi connectivity index (χ1) is 11.0. The summed E-state index contributed by atoms with van der Waals surface area (Å²) in [5.74, 6) is 0.120. The Hall–Kier alpha value is -1.62. The van der Waals surface area contributed by atoms with E-state index in [1.165, 1.54) is 12.1 Å². The number of halogens is 1. The molecule has 1 atom stereocenters. The lowest BCUT2D eigenvalue weighted by Gasteiger charge is -2.35. The van der Waals surface area contributed by atoms with Crippen molar-refractivity contribution in [3.8, 4) is 5.75 Å². The first-order valence-corrected chi connectivity index (χ1v) is 8.46. The number of amides is 1. The fourth-order valence-electron chi connectivity index (χ4n) is 2.85. The van der Waals surface area contributed by atoms with Gasteiger partial charge in [0.1, 0.15) is 11.6 Å². The van der Waals surface area contributed by atoms with Gasteiger partial charge in [0.05, 0.1) is 0 Å². The van der Waals surface area contributed by atoms with E-state index in [1.807, 2.05) is 6.92 Å². The molecule has 1 saturated heterocycles. The number of piperidine rings is 1. The van der Waals surface area contributed by atoms with Crippen molar-refractivity contribution in [2.24, 2.45) is 0 Å². The fraction of sp³-hybridized carbons (Fsp3) is 0.611. The molecule has 0 aliphatic carbocycles. The van der Waals surface area contributed by atoms with Crippen LogP contribution in [0, 0.1) is 5.82 Å². The average Bonchev–Trinajstić information content (AvgIpc) is 2.54. The molecule has 0 unspecified atom stereocenters. The van der Waals surface area contributed by atoms with Crippen LogP contribution in [0.15, 0.2) is 24.3 Å². The number of likely N-dealkylation sites (tertiary alicyclic amines) is 1. The van der Waals surface area contributed by atoms with E-state index in [0.717, 1.165) is 25.9 Å². The number of hydrogen-bond donors (Lipinski definition) is 1. The lowest BCUT2D eigenvalue weighted by atomic mass is 10.0. The van der Waals surface area contributed by atoms with E-state index in [4.69, 9.17) is 4.74 Å². The number of rotatable bonds is 6. The molecular weight excluding hydrogens is 295 g/mol. The number of ether oxygens (including phenoxy) is 1. The molecule has 23 heavy (non-hydrogen) atoms. The lowest BCUT2D eigenvalue weighted by Crippen LogP contribution is -2.49. The van der Waals surface area contributed by atoms with Crippen molar-refractivity contribution in [1.82, 2.24) is 10.2 Å². The molecule has 5 heteroatoms. The molecule has 0 radical (unpaired) electrons. The van der Waals surface area contributed by atoms with Gasteiger partial charge in [-0.25, -0.2) is 4.39 Å². The lowest BCUT2D eigenvalue weighted by molar-refractivity contribution is -0.129. The topological polar surface area (TPSA) is 41.6 Å². The van der Waals surface area contributed by atoms with Crippen molar-refractivity contribution in [2.75, 3.05) is 13.1 Å². The molecule has 128 valence electrons. The Balaban J connectivity index is 1.84. The minimum absolute atomic E-state index is 0.0835. The minimum atomic E-state index is -0.538. The van der Waals surface area contributed by atoms with Crippen molar-refractivity contribution in [1.29, 1.82) is 0 Å². The zero-order chi connectivity index (χ0) is 16.8. The van der Waals surface area contributed by atoms with Crippen molar-refractivity contribution in [2.45, 2.75) is 58.2 Å². The first-order valence-electron chi connectivity index (χ1n) is 8.46. The molecule has 0 aromatic heterocycles. The van der Waals surface area contributed by atoms with E-state index in [1.54, 1.807) is 12.1 Å². The van der Waals surface area contributed by atoms with Crippen LogP contribution >= 0.6 is 0 Å². The van der Waals surface area contributed by atoms with Crippen LogP contribution in [0.1, 0.15) is 40.0 Å². The molecule has 1 N–H and O–H groups in total. The van der Waals surface area contributed by atoms with Crippen molar-refractivity contribution in [3.63, 3.8) is 0 Å². The predicted molar refractivity (Wildman–Crippen MR) is 89.0 cm³/mol. The van der Waals surface area contributed by atoms with Crippen LogP contribution < -0.4 is 10.1 Å². The van der Waals surface area contributed by atoms with Crippen LogP contribution in [0.3, 0.4) is 0 Å². The van der Waals surface area contributed by atoms with E-state index in [2.05, 4.69) is 24.1 Å². The summed E-state index contributed by atoms with van der Waals surface area (Å²) < 4.78 is 18.6. The zero-order valence-electron chi connectivity index (χ0n) is 14.2. The highest BCUT2D eigenvalue weighted by Gasteiger charge is 2.25. The normalized spacial score (nSPS) is 18.0. The third-order valence-corrected chi connectivity index (χ3v) is 4.36. The largest absolute Gasteiger partial charge is 0.481 e. The van der Waals surface area contributed by atoms with Gasteiger partial charge in [0.2, 0.25) is 0 Å². The van der Waals surface area contributed by atoms with E-state index in [0.29, 0.717) is 18.2 Å². The molecule has 1 amide bonds. The molecule has 0 spiro atoms. The summed E-state index contributed by atoms with van der Waals surface area (Å²) in [6, 6.07) is 6.53. The number of carbonyl (C=O) groups excluding carboxylic acids is 1. The molecule has 1 aliphatic rings. The third-order valence-electron chi connectivity index (χ3n) is 4.36. The van der Waals surface area contributed by atoms with Gasteiger partial charge in [0, 0.05) is 25.2 Å². The van der Waals surface area contributed by atoms with Gasteiger partial charge < -0.3 is 15.0 Å². The quantitative estimate of drug-likeness (QED) is 0.875. The van der Waals surface area contributed by atoms with Gasteiger partial charge >= 0.3 is 0 Å². The zero-order valence-corrected chi connectivity index (χ0v) is 14.2. The Morgan fingerprint density at radius 1 is 1.30 bits per heavy atom. The van der Waals surface area contributed by atoms with Crippen molar-refractivity contribution < 1.29 is 13.9 Å². The highest BCUT2D eigenvalue weighted by atomic mass is 19.1. The van der Waals surface area contributed by atoms with Gasteiger partial charge in [0.25, 0.3) is 5.91 Å². The summed E-state index contributed by atoms with van der Waals surface area (Å²) in [5.41, 5.74) is 0. The second-order valence-corrected chi connectivity index (χ2v) is 6.38. The van der Waals surface area contributed by atoms with Crippen LogP contribution in [0.5, 0.6) is 5.75 Å². The number of nitrogens with one attached hydrogen (secondary N) is 1. The third kappa shape index (κ3) is 5.20. The van der Waals surface area contributed by atoms with Gasteiger partial charge in [-0.1, -0.05) is 6.92 Å². The highest BCUT2D eigenvalue weighted by Crippen LogP contribution is 2.16. The number of benzene rings is 1. The highest BCUT2D eigenvalue weighted by molar-refractivity contribution is 5.81. The van der Waals surface area contributed by atoms with Crippen LogP contribution in [0.2, 0.25) is 0 Å². The summed E-state index contributed by atoms with van der Waals surface area (Å²) in [4.78, 5) is 14.8. The molecule has 1 fully saturated rings. The Morgan fingerprint density at radius 3 is 2.43 bits per heavy atom. The van der Waals surface area contributed by atoms with Gasteiger partial charge in [-0.05, 0) is 57.4 Å². The van der Waals surface area contributed by atoms with Gasteiger partial charge in [-0.2, -0.15) is 0 Å². The van der Waals surface area contributed by atoms with E-state index in [9.17, 15) is 9.18 Å². The van der Waals surface area contributed by atoms with Gasteiger partial charge in [-0.15, -0.1) is 0 Å². The minimum Gasteiger partial charge on any atom is -0.481 e. The number of hydrogen-bond acceptors (Lipinski definition) is 3. The molecule has 2 rings (SSSR count). The van der Waals surface area contributed by atoms with Gasteiger partial charge in [-0.3, -0.25) is 4.79 Å². The predicted octanol–water partition coefficient (Wildman–Crippen LogP) is 2.97. The Kier molecular flexibility index (Phi) is 6.39. The standard InChI is InChI=1S/C18H27FN2O2/c1-4-17(23-16-7-5-14(19)6-8-16)18(22)20-15-9-11-21(12-10-15)13(2)3/h5-8,13,15,17H,4,9-12H2,1-3H3,(H,20,22)/t17-/m0/s1. The van der Waals surface area contributed by atoms with E-state index < -0.39 is 6.10 Å². The average molecular weight is 322 g/mol. The van der Waals surface area contributed by atoms with Crippen LogP contribution in [0.25, 0.3) is 0 Å². The number of nitrogens with zero attached hydrogens (tertiary/aromatic N) is 1. The molecule has 1 aromatic rings. The van der Waals surface area contributed by atoms with Crippen LogP contribution in [0.4, 0.5) is 4.39 Å². The van der Waals surface area contributed by atoms with E-state index >= 15 is 0 Å². The number of carbonyl (C=O) groups is 1. The van der Waals surface area contributed by atoms with Crippen LogP contribution in [-0.4, -0.2) is 42.1 Å². The van der Waals surface area contributed by atoms with Crippen LogP contribution in [-0.2, 0) is 4.79 Å². The summed E-state index contributed by atoms with van der Waals surface area (Å²) >= 11 is 0. The van der Waals surface area contributed by atoms with Gasteiger partial charge in [0.15, 0.2) is 6.10 Å². The maximum atomic E-state index is 12.9. The smallest absolute Gasteiger partial charge is 0.261 e. The van der Waals surface area contributed by atoms with Crippen molar-refractivity contribution in [3.05, 3.63) is 30.1 Å². The molecule has 1 aromatic carbocycles. The van der Waals surface area contributed by atoms with Crippen molar-refractivity contribution >= 4 is 5.91 Å². The Morgan fingerprint density at radius 2 is 1.91 bits per heavy atom. The maximum absolute atomic E-state index is 12.9. The molecular formula is C18H27FN2O2. The maximum Gasteiger partial charge on any atom is 0.261 e. The SMILES string of the molecule is CC[C@H](Oc1ccc(F)cc1)C(=O)NC1CCN(C(C)C)CC1. The molecule has 0 bridgehead atoms. The first kappa shape index (κ1) is 17.7. The fourth-order valence-corrected chi connectivity index (χ4v) is 2.85. The molecule has 1 heterocycles. The van der Waals surface area contributed by atoms with E-state index in [-0.39, 0.29) is 17.8 Å². The summed E-state index contributed by atoms with van der Waals surface area (Å²) in [5, 5.41) is 3.10. The monoisotopic (exact) mass is 322 g/mol. The molecule has 1 aliphatic heterocycles. The summed E-state index contributed by atoms with van der Waals surface area (Å²) in [6.07, 6.45) is 1.98. The second-order valence-electron chi connectivity index (χ2n) is 6.38. The molecule has 4 nitrogen and oxygen atoms in total. The molecule has 0 saturated carbocycles. The Bertz CT molecular complexity index is 496.